The Balaban J connectivity index is 1.91. The Bertz CT molecular complexity index is 907. The number of hydrogen-bond acceptors (Lipinski definition) is 5. The van der Waals surface area contributed by atoms with E-state index in [1.54, 1.807) is 30.5 Å². The SMILES string of the molecule is CCCCOc1ccc(/C=N\NC(=O)c2ccc(N(C)S(C)(=O)=O)cc2)cc1. The largest absolute Gasteiger partial charge is 0.494 e. The standard InChI is InChI=1S/C20H25N3O4S/c1-4-5-14-27-19-12-6-16(7-13-19)15-21-22-20(24)17-8-10-18(11-9-17)23(2)28(3,25)26/h6-13,15H,4-5,14H2,1-3H3,(H,22,24)/b21-15-. The van der Waals surface area contributed by atoms with E-state index in [-0.39, 0.29) is 5.91 Å². The normalized spacial score (nSPS) is 11.4. The van der Waals surface area contributed by atoms with Crippen molar-refractivity contribution < 1.29 is 17.9 Å². The van der Waals surface area contributed by atoms with Gasteiger partial charge in [-0.05, 0) is 60.5 Å². The molecule has 0 aliphatic heterocycles. The van der Waals surface area contributed by atoms with Crippen LogP contribution in [0.4, 0.5) is 5.69 Å². The van der Waals surface area contributed by atoms with Gasteiger partial charge in [-0.1, -0.05) is 13.3 Å². The molecular weight excluding hydrogens is 378 g/mol. The Morgan fingerprint density at radius 1 is 1.14 bits per heavy atom. The molecule has 0 atom stereocenters. The second-order valence-corrected chi connectivity index (χ2v) is 8.26. The summed E-state index contributed by atoms with van der Waals surface area (Å²) in [4.78, 5) is 12.1. The number of ether oxygens (including phenoxy) is 1. The minimum atomic E-state index is -3.34. The molecule has 0 aliphatic rings. The maximum atomic E-state index is 12.1. The molecule has 0 heterocycles. The summed E-state index contributed by atoms with van der Waals surface area (Å²) in [7, 11) is -1.89. The van der Waals surface area contributed by atoms with E-state index in [4.69, 9.17) is 4.74 Å². The minimum absolute atomic E-state index is 0.377. The van der Waals surface area contributed by atoms with Gasteiger partial charge in [0.05, 0.1) is 24.8 Å². The summed E-state index contributed by atoms with van der Waals surface area (Å²) in [5.74, 6) is 0.415. The molecule has 1 amide bonds. The zero-order valence-corrected chi connectivity index (χ0v) is 17.1. The molecule has 2 aromatic rings. The number of anilines is 1. The van der Waals surface area contributed by atoms with E-state index < -0.39 is 10.0 Å². The molecule has 8 heteroatoms. The molecule has 0 saturated carbocycles. The molecule has 0 spiro atoms. The summed E-state index contributed by atoms with van der Waals surface area (Å²) in [5.41, 5.74) is 4.13. The first-order valence-corrected chi connectivity index (χ1v) is 10.8. The first kappa shape index (κ1) is 21.4. The summed E-state index contributed by atoms with van der Waals surface area (Å²) in [6, 6.07) is 13.6. The Hall–Kier alpha value is -2.87. The average molecular weight is 404 g/mol. The van der Waals surface area contributed by atoms with Crippen molar-refractivity contribution >= 4 is 27.8 Å². The van der Waals surface area contributed by atoms with Crippen molar-refractivity contribution in [3.63, 3.8) is 0 Å². The highest BCUT2D eigenvalue weighted by Gasteiger charge is 2.12. The number of sulfonamides is 1. The van der Waals surface area contributed by atoms with Crippen LogP contribution < -0.4 is 14.5 Å². The van der Waals surface area contributed by atoms with E-state index in [9.17, 15) is 13.2 Å². The summed E-state index contributed by atoms with van der Waals surface area (Å²) < 4.78 is 29.8. The van der Waals surface area contributed by atoms with Crippen molar-refractivity contribution in [3.8, 4) is 5.75 Å². The van der Waals surface area contributed by atoms with Crippen molar-refractivity contribution in [1.29, 1.82) is 0 Å². The Labute approximate surface area is 166 Å². The van der Waals surface area contributed by atoms with Crippen molar-refractivity contribution in [1.82, 2.24) is 5.43 Å². The maximum Gasteiger partial charge on any atom is 0.271 e. The Morgan fingerprint density at radius 3 is 2.36 bits per heavy atom. The van der Waals surface area contributed by atoms with E-state index >= 15 is 0 Å². The van der Waals surface area contributed by atoms with E-state index in [1.165, 1.54) is 7.05 Å². The van der Waals surface area contributed by atoms with Crippen LogP contribution in [0.5, 0.6) is 5.75 Å². The molecule has 2 aromatic carbocycles. The lowest BCUT2D eigenvalue weighted by molar-refractivity contribution is 0.0955. The summed E-state index contributed by atoms with van der Waals surface area (Å²) in [6.07, 6.45) is 4.76. The number of nitrogens with one attached hydrogen (secondary N) is 1. The lowest BCUT2D eigenvalue weighted by Crippen LogP contribution is -2.25. The highest BCUT2D eigenvalue weighted by molar-refractivity contribution is 7.92. The van der Waals surface area contributed by atoms with Crippen LogP contribution in [0.25, 0.3) is 0 Å². The quantitative estimate of drug-likeness (QED) is 0.396. The number of unbranched alkanes of at least 4 members (excludes halogenated alkanes) is 1. The first-order valence-electron chi connectivity index (χ1n) is 8.91. The van der Waals surface area contributed by atoms with Crippen LogP contribution in [-0.2, 0) is 10.0 Å². The van der Waals surface area contributed by atoms with Crippen LogP contribution in [0.15, 0.2) is 53.6 Å². The minimum Gasteiger partial charge on any atom is -0.494 e. The third-order valence-corrected chi connectivity index (χ3v) is 5.22. The van der Waals surface area contributed by atoms with Crippen LogP contribution >= 0.6 is 0 Å². The average Bonchev–Trinajstić information content (AvgIpc) is 2.68. The predicted molar refractivity (Wildman–Crippen MR) is 112 cm³/mol. The number of hydrazone groups is 1. The molecule has 0 saturated heterocycles. The van der Waals surface area contributed by atoms with Gasteiger partial charge in [0.1, 0.15) is 5.75 Å². The number of carbonyl (C=O) groups excluding carboxylic acids is 1. The van der Waals surface area contributed by atoms with Crippen LogP contribution in [0, 0.1) is 0 Å². The lowest BCUT2D eigenvalue weighted by Gasteiger charge is -2.16. The molecule has 0 fully saturated rings. The molecule has 1 N–H and O–H groups in total. The van der Waals surface area contributed by atoms with Gasteiger partial charge in [-0.25, -0.2) is 13.8 Å². The second kappa shape index (κ2) is 9.89. The molecule has 0 aliphatic carbocycles. The summed E-state index contributed by atoms with van der Waals surface area (Å²) >= 11 is 0. The van der Waals surface area contributed by atoms with E-state index in [1.807, 2.05) is 24.3 Å². The fourth-order valence-corrected chi connectivity index (χ4v) is 2.73. The zero-order valence-electron chi connectivity index (χ0n) is 16.3. The maximum absolute atomic E-state index is 12.1. The molecule has 0 radical (unpaired) electrons. The van der Waals surface area contributed by atoms with Crippen LogP contribution in [-0.4, -0.2) is 40.4 Å². The van der Waals surface area contributed by atoms with Crippen molar-refractivity contribution in [3.05, 3.63) is 59.7 Å². The number of hydrogen-bond donors (Lipinski definition) is 1. The van der Waals surface area contributed by atoms with Gasteiger partial charge in [0, 0.05) is 12.6 Å². The van der Waals surface area contributed by atoms with Gasteiger partial charge in [-0.2, -0.15) is 5.10 Å². The third-order valence-electron chi connectivity index (χ3n) is 4.02. The van der Waals surface area contributed by atoms with E-state index in [0.717, 1.165) is 34.7 Å². The van der Waals surface area contributed by atoms with Crippen molar-refractivity contribution in [2.45, 2.75) is 19.8 Å². The molecule has 0 unspecified atom stereocenters. The van der Waals surface area contributed by atoms with Crippen molar-refractivity contribution in [2.24, 2.45) is 5.10 Å². The number of nitrogens with zero attached hydrogens (tertiary/aromatic N) is 2. The topological polar surface area (TPSA) is 88.1 Å². The molecule has 28 heavy (non-hydrogen) atoms. The van der Waals surface area contributed by atoms with Gasteiger partial charge in [-0.3, -0.25) is 9.10 Å². The number of amides is 1. The van der Waals surface area contributed by atoms with E-state index in [2.05, 4.69) is 17.5 Å². The molecule has 2 rings (SSSR count). The predicted octanol–water partition coefficient (Wildman–Crippen LogP) is 3.03. The van der Waals surface area contributed by atoms with Gasteiger partial charge in [0.25, 0.3) is 5.91 Å². The van der Waals surface area contributed by atoms with Crippen molar-refractivity contribution in [2.75, 3.05) is 24.2 Å². The molecular formula is C20H25N3O4S. The highest BCUT2D eigenvalue weighted by atomic mass is 32.2. The van der Waals surface area contributed by atoms with Crippen LogP contribution in [0.1, 0.15) is 35.7 Å². The molecule has 7 nitrogen and oxygen atoms in total. The fraction of sp³-hybridized carbons (Fsp3) is 0.300. The molecule has 150 valence electrons. The van der Waals surface area contributed by atoms with Gasteiger partial charge in [-0.15, -0.1) is 0 Å². The van der Waals surface area contributed by atoms with Crippen LogP contribution in [0.3, 0.4) is 0 Å². The number of carbonyl (C=O) groups is 1. The Morgan fingerprint density at radius 2 is 1.79 bits per heavy atom. The van der Waals surface area contributed by atoms with Gasteiger partial charge in [0.15, 0.2) is 0 Å². The first-order chi connectivity index (χ1) is 13.3. The molecule has 0 bridgehead atoms. The van der Waals surface area contributed by atoms with Gasteiger partial charge >= 0.3 is 0 Å². The Kier molecular flexibility index (Phi) is 7.57. The van der Waals surface area contributed by atoms with Gasteiger partial charge in [0.2, 0.25) is 10.0 Å². The zero-order chi connectivity index (χ0) is 20.6. The highest BCUT2D eigenvalue weighted by Crippen LogP contribution is 2.16. The van der Waals surface area contributed by atoms with E-state index in [0.29, 0.717) is 17.9 Å². The lowest BCUT2D eigenvalue weighted by atomic mass is 10.2. The summed E-state index contributed by atoms with van der Waals surface area (Å²) in [5, 5.41) is 3.95. The van der Waals surface area contributed by atoms with Crippen LogP contribution in [0.2, 0.25) is 0 Å². The number of rotatable bonds is 9. The smallest absolute Gasteiger partial charge is 0.271 e. The fourth-order valence-electron chi connectivity index (χ4n) is 2.23. The summed E-state index contributed by atoms with van der Waals surface area (Å²) in [6.45, 7) is 2.80. The monoisotopic (exact) mass is 403 g/mol. The van der Waals surface area contributed by atoms with Gasteiger partial charge < -0.3 is 4.74 Å². The number of benzene rings is 2. The third kappa shape index (κ3) is 6.38. The second-order valence-electron chi connectivity index (χ2n) is 6.25. The molecule has 0 aromatic heterocycles.